The Balaban J connectivity index is 0. The lowest BCUT2D eigenvalue weighted by Gasteiger charge is -2.03. The summed E-state index contributed by atoms with van der Waals surface area (Å²) in [5.41, 5.74) is 0. The quantitative estimate of drug-likeness (QED) is 0.576. The largest absolute Gasteiger partial charge is 0.388 e. The lowest BCUT2D eigenvalue weighted by molar-refractivity contribution is -0.107. The number of aldehydes is 1. The average Bonchev–Trinajstić information content (AvgIpc) is 2.65. The highest BCUT2D eigenvalue weighted by Crippen LogP contribution is 2.11. The number of unbranched alkanes of at least 4 members (excludes halogenated alkanes) is 1. The van der Waals surface area contributed by atoms with E-state index < -0.39 is 0 Å². The fraction of sp³-hybridized carbons (Fsp3) is 0.923. The summed E-state index contributed by atoms with van der Waals surface area (Å²) in [6.45, 7) is 4.92. The summed E-state index contributed by atoms with van der Waals surface area (Å²) < 4.78 is 4.25. The van der Waals surface area contributed by atoms with Crippen molar-refractivity contribution in [3.63, 3.8) is 0 Å². The van der Waals surface area contributed by atoms with Gasteiger partial charge in [0.2, 0.25) is 0 Å². The summed E-state index contributed by atoms with van der Waals surface area (Å²) in [6.07, 6.45) is 6.17. The highest BCUT2D eigenvalue weighted by molar-refractivity contribution is 7.98. The maximum absolute atomic E-state index is 9.67. The van der Waals surface area contributed by atoms with Crippen LogP contribution in [0.2, 0.25) is 0 Å². The van der Waals surface area contributed by atoms with Crippen LogP contribution in [-0.2, 0) is 9.53 Å². The van der Waals surface area contributed by atoms with Crippen molar-refractivity contribution in [1.82, 2.24) is 4.90 Å². The molecule has 1 fully saturated rings. The van der Waals surface area contributed by atoms with Crippen molar-refractivity contribution in [3.05, 3.63) is 0 Å². The van der Waals surface area contributed by atoms with Gasteiger partial charge in [0.1, 0.15) is 6.29 Å². The molecule has 0 radical (unpaired) electrons. The molecule has 3 nitrogen and oxygen atoms in total. The predicted octanol–water partition coefficient (Wildman–Crippen LogP) is 2.55. The number of methoxy groups -OCH3 is 1. The lowest BCUT2D eigenvalue weighted by atomic mass is 10.2. The van der Waals surface area contributed by atoms with E-state index in [9.17, 15) is 4.79 Å². The standard InChI is InChI=1S/C6H13N.C5H10OS.C2H6O/c1-6-3-4-7(2)5-6;1-7-5-3-2-4-6;1-3-2/h6H,3-5H2,1-2H3;4H,2-3,5H2,1H3;1-2H3. The Labute approximate surface area is 111 Å². The monoisotopic (exact) mass is 263 g/mol. The predicted molar refractivity (Wildman–Crippen MR) is 77.9 cm³/mol. The smallest absolute Gasteiger partial charge is 0.120 e. The number of hydrogen-bond acceptors (Lipinski definition) is 4. The molecule has 1 atom stereocenters. The molecule has 0 N–H and O–H groups in total. The minimum Gasteiger partial charge on any atom is -0.388 e. The normalized spacial score (nSPS) is 18.8. The minimum atomic E-state index is 0.723. The van der Waals surface area contributed by atoms with Crippen molar-refractivity contribution in [2.45, 2.75) is 26.2 Å². The first kappa shape index (κ1) is 19.3. The molecule has 0 aromatic carbocycles. The Morgan fingerprint density at radius 2 is 2.06 bits per heavy atom. The van der Waals surface area contributed by atoms with E-state index >= 15 is 0 Å². The summed E-state index contributed by atoms with van der Waals surface area (Å²) in [6, 6.07) is 0. The highest BCUT2D eigenvalue weighted by Gasteiger charge is 2.13. The number of hydrogen-bond donors (Lipinski definition) is 0. The van der Waals surface area contributed by atoms with E-state index in [1.165, 1.54) is 19.5 Å². The Hall–Kier alpha value is -0.0600. The first-order valence-corrected chi connectivity index (χ1v) is 7.52. The molecule has 0 aromatic heterocycles. The highest BCUT2D eigenvalue weighted by atomic mass is 32.2. The van der Waals surface area contributed by atoms with E-state index in [0.29, 0.717) is 0 Å². The maximum atomic E-state index is 9.67. The van der Waals surface area contributed by atoms with Gasteiger partial charge in [0.15, 0.2) is 0 Å². The summed E-state index contributed by atoms with van der Waals surface area (Å²) >= 11 is 1.78. The van der Waals surface area contributed by atoms with Crippen LogP contribution in [0.15, 0.2) is 0 Å². The second-order valence-corrected chi connectivity index (χ2v) is 5.35. The van der Waals surface area contributed by atoms with Crippen LogP contribution in [-0.4, -0.2) is 57.6 Å². The number of carbonyl (C=O) groups is 1. The third kappa shape index (κ3) is 18.5. The molecule has 1 rings (SSSR count). The number of rotatable bonds is 4. The first-order chi connectivity index (χ1) is 8.12. The van der Waals surface area contributed by atoms with Gasteiger partial charge >= 0.3 is 0 Å². The molecule has 0 aliphatic carbocycles. The van der Waals surface area contributed by atoms with E-state index in [4.69, 9.17) is 0 Å². The Kier molecular flexibility index (Phi) is 18.1. The van der Waals surface area contributed by atoms with E-state index in [1.807, 2.05) is 6.26 Å². The zero-order chi connectivity index (χ0) is 13.5. The minimum absolute atomic E-state index is 0.723. The molecule has 0 saturated carbocycles. The van der Waals surface area contributed by atoms with E-state index in [1.54, 1.807) is 26.0 Å². The van der Waals surface area contributed by atoms with Gasteiger partial charge in [-0.2, -0.15) is 11.8 Å². The molecule has 1 heterocycles. The van der Waals surface area contributed by atoms with Crippen LogP contribution in [0.5, 0.6) is 0 Å². The summed E-state index contributed by atoms with van der Waals surface area (Å²) in [4.78, 5) is 12.1. The molecule has 17 heavy (non-hydrogen) atoms. The first-order valence-electron chi connectivity index (χ1n) is 6.13. The van der Waals surface area contributed by atoms with Crippen LogP contribution in [0.4, 0.5) is 0 Å². The van der Waals surface area contributed by atoms with Crippen LogP contribution in [0.3, 0.4) is 0 Å². The number of carbonyl (C=O) groups excluding carboxylic acids is 1. The number of likely N-dealkylation sites (tertiary alicyclic amines) is 1. The van der Waals surface area contributed by atoms with Gasteiger partial charge in [0.05, 0.1) is 0 Å². The molecule has 1 unspecified atom stereocenters. The van der Waals surface area contributed by atoms with E-state index in [2.05, 4.69) is 23.6 Å². The number of nitrogens with zero attached hydrogens (tertiary/aromatic N) is 1. The van der Waals surface area contributed by atoms with Gasteiger partial charge in [0, 0.05) is 27.2 Å². The fourth-order valence-electron chi connectivity index (χ4n) is 1.47. The molecular formula is C13H29NO2S. The van der Waals surface area contributed by atoms with Crippen LogP contribution in [0, 0.1) is 5.92 Å². The van der Waals surface area contributed by atoms with Crippen molar-refractivity contribution in [2.75, 3.05) is 46.4 Å². The summed E-state index contributed by atoms with van der Waals surface area (Å²) in [5, 5.41) is 0. The van der Waals surface area contributed by atoms with Crippen molar-refractivity contribution in [3.8, 4) is 0 Å². The fourth-order valence-corrected chi connectivity index (χ4v) is 1.92. The molecule has 1 aliphatic rings. The lowest BCUT2D eigenvalue weighted by Crippen LogP contribution is -2.12. The molecule has 0 aromatic rings. The van der Waals surface area contributed by atoms with Gasteiger partial charge in [-0.25, -0.2) is 0 Å². The van der Waals surface area contributed by atoms with Crippen molar-refractivity contribution in [1.29, 1.82) is 0 Å². The van der Waals surface area contributed by atoms with E-state index in [0.717, 1.165) is 30.8 Å². The van der Waals surface area contributed by atoms with Crippen molar-refractivity contribution in [2.24, 2.45) is 5.92 Å². The van der Waals surface area contributed by atoms with Gasteiger partial charge in [-0.3, -0.25) is 0 Å². The second kappa shape index (κ2) is 15.9. The topological polar surface area (TPSA) is 29.5 Å². The number of ether oxygens (including phenoxy) is 1. The third-order valence-corrected chi connectivity index (χ3v) is 2.99. The second-order valence-electron chi connectivity index (χ2n) is 4.37. The van der Waals surface area contributed by atoms with Crippen LogP contribution >= 0.6 is 11.8 Å². The Morgan fingerprint density at radius 3 is 2.29 bits per heavy atom. The van der Waals surface area contributed by atoms with Crippen LogP contribution < -0.4 is 0 Å². The van der Waals surface area contributed by atoms with Crippen molar-refractivity contribution >= 4 is 18.0 Å². The third-order valence-electron chi connectivity index (χ3n) is 2.30. The molecule has 0 amide bonds. The Bertz CT molecular complexity index is 148. The van der Waals surface area contributed by atoms with Gasteiger partial charge in [-0.1, -0.05) is 6.92 Å². The zero-order valence-electron chi connectivity index (χ0n) is 12.1. The van der Waals surface area contributed by atoms with Crippen LogP contribution in [0.1, 0.15) is 26.2 Å². The molecule has 0 bridgehead atoms. The maximum Gasteiger partial charge on any atom is 0.120 e. The summed E-state index contributed by atoms with van der Waals surface area (Å²) in [5.74, 6) is 2.06. The Morgan fingerprint density at radius 1 is 1.47 bits per heavy atom. The molecular weight excluding hydrogens is 234 g/mol. The van der Waals surface area contributed by atoms with Gasteiger partial charge in [-0.05, 0) is 44.4 Å². The molecule has 1 aliphatic heterocycles. The van der Waals surface area contributed by atoms with E-state index in [-0.39, 0.29) is 0 Å². The van der Waals surface area contributed by atoms with Gasteiger partial charge < -0.3 is 14.4 Å². The molecule has 1 saturated heterocycles. The SMILES string of the molecule is CC1CCN(C)C1.COC.CSCCCC=O. The molecule has 4 heteroatoms. The molecule has 0 spiro atoms. The average molecular weight is 263 g/mol. The molecule has 104 valence electrons. The van der Waals surface area contributed by atoms with Gasteiger partial charge in [0.25, 0.3) is 0 Å². The number of thioether (sulfide) groups is 1. The zero-order valence-corrected chi connectivity index (χ0v) is 12.9. The van der Waals surface area contributed by atoms with Crippen LogP contribution in [0.25, 0.3) is 0 Å². The van der Waals surface area contributed by atoms with Crippen molar-refractivity contribution < 1.29 is 9.53 Å². The van der Waals surface area contributed by atoms with Gasteiger partial charge in [-0.15, -0.1) is 0 Å². The summed E-state index contributed by atoms with van der Waals surface area (Å²) in [7, 11) is 5.43.